The number of anilines is 1. The fourth-order valence-corrected chi connectivity index (χ4v) is 2.68. The van der Waals surface area contributed by atoms with Crippen LogP contribution in [0.2, 0.25) is 0 Å². The highest BCUT2D eigenvalue weighted by Crippen LogP contribution is 2.23. The van der Waals surface area contributed by atoms with E-state index in [4.69, 9.17) is 4.42 Å². The number of rotatable bonds is 6. The van der Waals surface area contributed by atoms with Gasteiger partial charge in [-0.1, -0.05) is 18.2 Å². The molecule has 124 valence electrons. The van der Waals surface area contributed by atoms with Gasteiger partial charge >= 0.3 is 0 Å². The third-order valence-corrected chi connectivity index (χ3v) is 4.00. The van der Waals surface area contributed by atoms with E-state index in [1.54, 1.807) is 6.07 Å². The molecule has 5 nitrogen and oxygen atoms in total. The molecule has 24 heavy (non-hydrogen) atoms. The Kier molecular flexibility index (Phi) is 4.79. The summed E-state index contributed by atoms with van der Waals surface area (Å²) in [5, 5.41) is 7.41. The summed E-state index contributed by atoms with van der Waals surface area (Å²) in [6, 6.07) is 9.93. The second kappa shape index (κ2) is 7.17. The van der Waals surface area contributed by atoms with Crippen LogP contribution in [0.25, 0.3) is 10.9 Å². The van der Waals surface area contributed by atoms with E-state index in [9.17, 15) is 4.79 Å². The summed E-state index contributed by atoms with van der Waals surface area (Å²) in [6.07, 6.45) is 4.17. The zero-order chi connectivity index (χ0) is 16.9. The molecule has 3 rings (SSSR count). The van der Waals surface area contributed by atoms with Crippen LogP contribution < -0.4 is 10.6 Å². The van der Waals surface area contributed by atoms with Gasteiger partial charge in [0, 0.05) is 35.9 Å². The minimum Gasteiger partial charge on any atom is -0.459 e. The van der Waals surface area contributed by atoms with Gasteiger partial charge in [0.1, 0.15) is 0 Å². The lowest BCUT2D eigenvalue weighted by Crippen LogP contribution is -2.26. The summed E-state index contributed by atoms with van der Waals surface area (Å²) in [5.41, 5.74) is 4.10. The molecule has 1 aromatic carbocycles. The number of carbonyl (C=O) groups excluding carboxylic acids is 1. The molecule has 2 heterocycles. The number of fused-ring (bicyclic) bond motifs is 1. The zero-order valence-corrected chi connectivity index (χ0v) is 13.9. The highest BCUT2D eigenvalue weighted by atomic mass is 16.3. The fourth-order valence-electron chi connectivity index (χ4n) is 2.68. The number of carbonyl (C=O) groups is 1. The normalized spacial score (nSPS) is 10.8. The molecule has 0 aliphatic rings. The smallest absolute Gasteiger partial charge is 0.287 e. The molecule has 0 bridgehead atoms. The van der Waals surface area contributed by atoms with Crippen LogP contribution in [0.4, 0.5) is 5.69 Å². The third kappa shape index (κ3) is 3.40. The summed E-state index contributed by atoms with van der Waals surface area (Å²) >= 11 is 0. The number of amides is 1. The van der Waals surface area contributed by atoms with Crippen LogP contribution in [-0.4, -0.2) is 24.0 Å². The predicted molar refractivity (Wildman–Crippen MR) is 95.4 cm³/mol. The molecular weight excluding hydrogens is 302 g/mol. The summed E-state index contributed by atoms with van der Waals surface area (Å²) < 4.78 is 5.18. The maximum atomic E-state index is 11.9. The molecule has 0 radical (unpaired) electrons. The van der Waals surface area contributed by atoms with Crippen molar-refractivity contribution in [2.24, 2.45) is 0 Å². The van der Waals surface area contributed by atoms with Gasteiger partial charge in [0.25, 0.3) is 5.91 Å². The van der Waals surface area contributed by atoms with Gasteiger partial charge in [-0.15, -0.1) is 0 Å². The molecule has 0 unspecified atom stereocenters. The molecule has 5 heteroatoms. The number of aryl methyl sites for hydroxylation is 2. The van der Waals surface area contributed by atoms with Gasteiger partial charge in [-0.25, -0.2) is 0 Å². The number of hydrogen-bond donors (Lipinski definition) is 2. The van der Waals surface area contributed by atoms with Crippen molar-refractivity contribution in [3.8, 4) is 0 Å². The van der Waals surface area contributed by atoms with E-state index in [2.05, 4.69) is 34.7 Å². The van der Waals surface area contributed by atoms with Crippen molar-refractivity contribution in [2.45, 2.75) is 20.3 Å². The standard InChI is InChI=1S/C19H21N3O2/c1-13-5-3-6-15-16(7-11-21-17(13)15)20-9-4-10-22-19(23)18-14(2)8-12-24-18/h3,5-8,11-12H,4,9-10H2,1-2H3,(H,20,21)(H,22,23). The summed E-state index contributed by atoms with van der Waals surface area (Å²) in [5.74, 6) is 0.223. The lowest BCUT2D eigenvalue weighted by atomic mass is 10.1. The van der Waals surface area contributed by atoms with Gasteiger partial charge < -0.3 is 15.1 Å². The first kappa shape index (κ1) is 16.1. The first-order valence-corrected chi connectivity index (χ1v) is 8.07. The quantitative estimate of drug-likeness (QED) is 0.679. The Balaban J connectivity index is 1.52. The van der Waals surface area contributed by atoms with Gasteiger partial charge in [0.05, 0.1) is 11.8 Å². The highest BCUT2D eigenvalue weighted by Gasteiger charge is 2.11. The van der Waals surface area contributed by atoms with E-state index in [-0.39, 0.29) is 5.91 Å². The van der Waals surface area contributed by atoms with Gasteiger partial charge in [-0.2, -0.15) is 0 Å². The number of benzene rings is 1. The second-order valence-electron chi connectivity index (χ2n) is 5.80. The Morgan fingerprint density at radius 3 is 2.79 bits per heavy atom. The number of pyridine rings is 1. The second-order valence-corrected chi connectivity index (χ2v) is 5.80. The Hall–Kier alpha value is -2.82. The van der Waals surface area contributed by atoms with Crippen LogP contribution in [0, 0.1) is 13.8 Å². The molecular formula is C19H21N3O2. The van der Waals surface area contributed by atoms with Crippen molar-refractivity contribution >= 4 is 22.5 Å². The Morgan fingerprint density at radius 1 is 1.12 bits per heavy atom. The molecule has 2 N–H and O–H groups in total. The fraction of sp³-hybridized carbons (Fsp3) is 0.263. The SMILES string of the molecule is Cc1ccoc1C(=O)NCCCNc1ccnc2c(C)cccc12. The van der Waals surface area contributed by atoms with Crippen molar-refractivity contribution < 1.29 is 9.21 Å². The molecule has 2 aromatic heterocycles. The van der Waals surface area contributed by atoms with Crippen LogP contribution in [-0.2, 0) is 0 Å². The Bertz CT molecular complexity index is 855. The van der Waals surface area contributed by atoms with Crippen molar-refractivity contribution in [3.05, 3.63) is 59.7 Å². The average Bonchev–Trinajstić information content (AvgIpc) is 3.01. The van der Waals surface area contributed by atoms with Crippen molar-refractivity contribution in [3.63, 3.8) is 0 Å². The number of furan rings is 1. The molecule has 0 aliphatic carbocycles. The lowest BCUT2D eigenvalue weighted by molar-refractivity contribution is 0.0925. The molecule has 0 fully saturated rings. The van der Waals surface area contributed by atoms with Crippen LogP contribution >= 0.6 is 0 Å². The van der Waals surface area contributed by atoms with Crippen LogP contribution in [0.1, 0.15) is 28.1 Å². The maximum Gasteiger partial charge on any atom is 0.287 e. The Morgan fingerprint density at radius 2 is 2.00 bits per heavy atom. The molecule has 0 saturated carbocycles. The maximum absolute atomic E-state index is 11.9. The van der Waals surface area contributed by atoms with Crippen molar-refractivity contribution in [1.82, 2.24) is 10.3 Å². The van der Waals surface area contributed by atoms with Crippen LogP contribution in [0.3, 0.4) is 0 Å². The first-order chi connectivity index (χ1) is 11.7. The molecule has 1 amide bonds. The number of hydrogen-bond acceptors (Lipinski definition) is 4. The van der Waals surface area contributed by atoms with Gasteiger partial charge in [-0.05, 0) is 38.0 Å². The first-order valence-electron chi connectivity index (χ1n) is 8.07. The highest BCUT2D eigenvalue weighted by molar-refractivity contribution is 5.93. The van der Waals surface area contributed by atoms with Gasteiger partial charge in [0.2, 0.25) is 0 Å². The van der Waals surface area contributed by atoms with E-state index in [1.165, 1.54) is 6.26 Å². The van der Waals surface area contributed by atoms with E-state index in [1.807, 2.05) is 25.3 Å². The topological polar surface area (TPSA) is 67.2 Å². The van der Waals surface area contributed by atoms with Gasteiger partial charge in [0.15, 0.2) is 5.76 Å². The summed E-state index contributed by atoms with van der Waals surface area (Å²) in [4.78, 5) is 16.4. The molecule has 0 saturated heterocycles. The number of aromatic nitrogens is 1. The average molecular weight is 323 g/mol. The van der Waals surface area contributed by atoms with E-state index in [0.29, 0.717) is 12.3 Å². The minimum atomic E-state index is -0.164. The number of nitrogens with one attached hydrogen (secondary N) is 2. The number of para-hydroxylation sites is 1. The zero-order valence-electron chi connectivity index (χ0n) is 13.9. The third-order valence-electron chi connectivity index (χ3n) is 4.00. The Labute approximate surface area is 141 Å². The minimum absolute atomic E-state index is 0.164. The van der Waals surface area contributed by atoms with Crippen molar-refractivity contribution in [2.75, 3.05) is 18.4 Å². The lowest BCUT2D eigenvalue weighted by Gasteiger charge is -2.10. The van der Waals surface area contributed by atoms with Crippen molar-refractivity contribution in [1.29, 1.82) is 0 Å². The van der Waals surface area contributed by atoms with E-state index >= 15 is 0 Å². The largest absolute Gasteiger partial charge is 0.459 e. The number of nitrogens with zero attached hydrogens (tertiary/aromatic N) is 1. The molecule has 0 aliphatic heterocycles. The predicted octanol–water partition coefficient (Wildman–Crippen LogP) is 3.68. The monoisotopic (exact) mass is 323 g/mol. The van der Waals surface area contributed by atoms with Crippen LogP contribution in [0.5, 0.6) is 0 Å². The molecule has 3 aromatic rings. The molecule has 0 spiro atoms. The molecule has 0 atom stereocenters. The van der Waals surface area contributed by atoms with Crippen LogP contribution in [0.15, 0.2) is 47.2 Å². The van der Waals surface area contributed by atoms with E-state index in [0.717, 1.165) is 40.7 Å². The van der Waals surface area contributed by atoms with E-state index < -0.39 is 0 Å². The summed E-state index contributed by atoms with van der Waals surface area (Å²) in [6.45, 7) is 5.28. The summed E-state index contributed by atoms with van der Waals surface area (Å²) in [7, 11) is 0. The van der Waals surface area contributed by atoms with Gasteiger partial charge in [-0.3, -0.25) is 9.78 Å².